The van der Waals surface area contributed by atoms with Crippen LogP contribution >= 0.6 is 0 Å². The van der Waals surface area contributed by atoms with Gasteiger partial charge in [-0.3, -0.25) is 14.7 Å². The van der Waals surface area contributed by atoms with Gasteiger partial charge in [0.1, 0.15) is 6.29 Å². The monoisotopic (exact) mass is 601 g/mol. The van der Waals surface area contributed by atoms with E-state index in [1.54, 1.807) is 0 Å². The van der Waals surface area contributed by atoms with Crippen LogP contribution in [-0.4, -0.2) is 50.2 Å². The van der Waals surface area contributed by atoms with Crippen molar-refractivity contribution in [3.63, 3.8) is 0 Å². The van der Waals surface area contributed by atoms with E-state index in [1.807, 2.05) is 36.9 Å². The highest BCUT2D eigenvalue weighted by Crippen LogP contribution is 2.36. The van der Waals surface area contributed by atoms with E-state index in [9.17, 15) is 9.90 Å². The van der Waals surface area contributed by atoms with Crippen LogP contribution in [0.2, 0.25) is 0 Å². The van der Waals surface area contributed by atoms with Gasteiger partial charge in [-0.2, -0.15) is 5.10 Å². The Balaban J connectivity index is 0.00000216. The molecule has 0 saturated heterocycles. The zero-order valence-corrected chi connectivity index (χ0v) is 27.2. The maximum Gasteiger partial charge on any atom is 0.123 e. The average Bonchev–Trinajstić information content (AvgIpc) is 3.46. The Hall–Kier alpha value is -3.36. The molecule has 2 saturated carbocycles. The Morgan fingerprint density at radius 1 is 1.07 bits per heavy atom. The number of benzene rings is 1. The number of nitrogens with two attached hydrogens (primary N) is 1. The van der Waals surface area contributed by atoms with E-state index in [4.69, 9.17) is 25.9 Å². The molecule has 8 heteroatoms. The molecule has 44 heavy (non-hydrogen) atoms. The number of nitrogens with zero attached hydrogens (tertiary/aromatic N) is 4. The van der Waals surface area contributed by atoms with Crippen molar-refractivity contribution >= 4 is 34.3 Å². The Morgan fingerprint density at radius 2 is 1.77 bits per heavy atom. The molecule has 0 radical (unpaired) electrons. The van der Waals surface area contributed by atoms with Crippen LogP contribution in [0.3, 0.4) is 0 Å². The number of carbonyl (C=O) groups excluding carboxylic acids is 1. The molecule has 2 aliphatic carbocycles. The first-order chi connectivity index (χ1) is 21.2. The third-order valence-corrected chi connectivity index (χ3v) is 9.46. The van der Waals surface area contributed by atoms with Crippen LogP contribution in [0, 0.1) is 24.7 Å². The van der Waals surface area contributed by atoms with Gasteiger partial charge < -0.3 is 20.7 Å². The first-order valence-electron chi connectivity index (χ1n) is 16.3. The van der Waals surface area contributed by atoms with Crippen molar-refractivity contribution in [2.45, 2.75) is 104 Å². The van der Waals surface area contributed by atoms with Gasteiger partial charge >= 0.3 is 0 Å². The fourth-order valence-electron chi connectivity index (χ4n) is 7.06. The van der Waals surface area contributed by atoms with Crippen LogP contribution in [0.4, 0.5) is 5.69 Å². The first kappa shape index (κ1) is 33.5. The Kier molecular flexibility index (Phi) is 11.9. The molecule has 5 rings (SSSR count). The number of pyridine rings is 1. The molecule has 1 aromatic carbocycles. The highest BCUT2D eigenvalue weighted by atomic mass is 16.3. The van der Waals surface area contributed by atoms with Crippen molar-refractivity contribution in [2.75, 3.05) is 7.11 Å². The molecule has 1 unspecified atom stereocenters. The second kappa shape index (κ2) is 15.6. The number of carbonyl (C=O) groups is 1. The van der Waals surface area contributed by atoms with Crippen molar-refractivity contribution in [3.05, 3.63) is 59.1 Å². The van der Waals surface area contributed by atoms with Gasteiger partial charge in [-0.25, -0.2) is 0 Å². The number of fused-ring (bicyclic) bond motifs is 1. The summed E-state index contributed by atoms with van der Waals surface area (Å²) in [4.78, 5) is 21.1. The highest BCUT2D eigenvalue weighted by Gasteiger charge is 2.25. The van der Waals surface area contributed by atoms with Crippen LogP contribution in [0.15, 0.2) is 47.1 Å². The summed E-state index contributed by atoms with van der Waals surface area (Å²) in [6.45, 7) is 8.84. The van der Waals surface area contributed by atoms with Gasteiger partial charge in [0.2, 0.25) is 0 Å². The summed E-state index contributed by atoms with van der Waals surface area (Å²) in [6.07, 6.45) is 12.5. The first-order valence-corrected chi connectivity index (χ1v) is 16.3. The number of aliphatic hydroxyl groups is 2. The maximum atomic E-state index is 11.1. The van der Waals surface area contributed by atoms with Gasteiger partial charge in [0, 0.05) is 53.2 Å². The molecule has 2 aromatic heterocycles. The number of rotatable bonds is 9. The van der Waals surface area contributed by atoms with Crippen molar-refractivity contribution in [1.29, 1.82) is 0 Å². The summed E-state index contributed by atoms with van der Waals surface area (Å²) in [6, 6.07) is 10.2. The number of aldehydes is 1. The van der Waals surface area contributed by atoms with Crippen LogP contribution in [-0.2, 0) is 11.3 Å². The van der Waals surface area contributed by atoms with Crippen molar-refractivity contribution < 1.29 is 15.0 Å². The smallest absolute Gasteiger partial charge is 0.123 e. The Labute approximate surface area is 262 Å². The van der Waals surface area contributed by atoms with E-state index in [-0.39, 0.29) is 17.9 Å². The molecule has 2 aliphatic rings. The van der Waals surface area contributed by atoms with Gasteiger partial charge in [0.15, 0.2) is 0 Å². The van der Waals surface area contributed by atoms with Crippen molar-refractivity contribution in [3.8, 4) is 0 Å². The van der Waals surface area contributed by atoms with E-state index < -0.39 is 0 Å². The number of aromatic nitrogens is 3. The fraction of sp³-hybridized carbons (Fsp3) is 0.556. The van der Waals surface area contributed by atoms with Gasteiger partial charge in [-0.15, -0.1) is 0 Å². The van der Waals surface area contributed by atoms with Crippen LogP contribution in [0.25, 0.3) is 16.6 Å². The summed E-state index contributed by atoms with van der Waals surface area (Å²) < 4.78 is 1.89. The second-order valence-electron chi connectivity index (χ2n) is 12.8. The minimum Gasteiger partial charge on any atom is -0.400 e. The molecule has 4 N–H and O–H groups in total. The average molecular weight is 602 g/mol. The third-order valence-electron chi connectivity index (χ3n) is 9.46. The van der Waals surface area contributed by atoms with Gasteiger partial charge in [-0.05, 0) is 88.0 Å². The largest absolute Gasteiger partial charge is 0.400 e. The minimum atomic E-state index is -0.383. The lowest BCUT2D eigenvalue weighted by Crippen LogP contribution is -2.27. The van der Waals surface area contributed by atoms with Crippen LogP contribution in [0.5, 0.6) is 0 Å². The number of hydrogen-bond acceptors (Lipinski definition) is 7. The third kappa shape index (κ3) is 7.83. The number of aliphatic hydroxyl groups excluding tert-OH is 2. The van der Waals surface area contributed by atoms with Crippen molar-refractivity contribution in [1.82, 2.24) is 14.8 Å². The van der Waals surface area contributed by atoms with E-state index >= 15 is 0 Å². The summed E-state index contributed by atoms with van der Waals surface area (Å²) in [5.41, 5.74) is 14.2. The maximum absolute atomic E-state index is 11.1. The fourth-order valence-corrected chi connectivity index (χ4v) is 7.06. The summed E-state index contributed by atoms with van der Waals surface area (Å²) in [5.74, 6) is 1.12. The molecule has 8 nitrogen and oxygen atoms in total. The second-order valence-corrected chi connectivity index (χ2v) is 12.8. The van der Waals surface area contributed by atoms with Crippen molar-refractivity contribution in [2.24, 2.45) is 28.5 Å². The lowest BCUT2D eigenvalue weighted by molar-refractivity contribution is -0.111. The standard InChI is InChI=1S/C35H47N5O2.CH4O/c1-22(2)34(24(4)38-30-17-18-31(37-23(30)3)26-15-13-25(21-41)14-16-26)35(36)28-11-8-12-32-29(28)19-40(39-32)20-33(42)27-9-6-5-7-10-27;1-2/h8,11-12,17-19,21-22,25-27,33,42H,5-7,9-10,13-16,20,36H2,1-4H3;2H,1H3/b35-34-,38-24?;. The van der Waals surface area contributed by atoms with E-state index in [0.29, 0.717) is 24.1 Å². The zero-order chi connectivity index (χ0) is 31.8. The van der Waals surface area contributed by atoms with E-state index in [1.165, 1.54) is 19.3 Å². The van der Waals surface area contributed by atoms with Gasteiger partial charge in [-0.1, -0.05) is 45.2 Å². The SMILES string of the molecule is CC(=Nc1ccc(C2CCC(C=O)CC2)nc1C)/C(=C(\N)c1cccc2nn(CC(O)C3CCCCC3)cc12)C(C)C.CO. The molecule has 3 aromatic rings. The van der Waals surface area contributed by atoms with E-state index in [0.717, 1.165) is 96.7 Å². The molecule has 0 aliphatic heterocycles. The predicted octanol–water partition coefficient (Wildman–Crippen LogP) is 6.88. The Bertz CT molecular complexity index is 1460. The summed E-state index contributed by atoms with van der Waals surface area (Å²) in [5, 5.41) is 23.7. The molecule has 2 heterocycles. The number of aryl methyl sites for hydroxylation is 1. The molecule has 0 amide bonds. The molecule has 238 valence electrons. The van der Waals surface area contributed by atoms with Crippen LogP contribution < -0.4 is 5.73 Å². The van der Waals surface area contributed by atoms with E-state index in [2.05, 4.69) is 32.0 Å². The molecule has 2 fully saturated rings. The lowest BCUT2D eigenvalue weighted by Gasteiger charge is -2.26. The lowest BCUT2D eigenvalue weighted by atomic mass is 9.81. The molecule has 1 atom stereocenters. The molecule has 0 spiro atoms. The molecular weight excluding hydrogens is 550 g/mol. The van der Waals surface area contributed by atoms with Crippen LogP contribution in [0.1, 0.15) is 101 Å². The van der Waals surface area contributed by atoms with Gasteiger partial charge in [0.05, 0.1) is 29.5 Å². The number of allylic oxidation sites excluding steroid dienone is 1. The van der Waals surface area contributed by atoms with Gasteiger partial charge in [0.25, 0.3) is 0 Å². The normalized spacial score (nSPS) is 21.0. The minimum absolute atomic E-state index is 0.160. The quantitative estimate of drug-likeness (QED) is 0.181. The molecular formula is C36H51N5O3. The number of aliphatic imine (C=N–C) groups is 1. The predicted molar refractivity (Wildman–Crippen MR) is 179 cm³/mol. The molecule has 0 bridgehead atoms. The Morgan fingerprint density at radius 3 is 2.41 bits per heavy atom. The number of hydrogen-bond donors (Lipinski definition) is 3. The summed E-state index contributed by atoms with van der Waals surface area (Å²) in [7, 11) is 1.00. The highest BCUT2D eigenvalue weighted by molar-refractivity contribution is 6.08. The zero-order valence-electron chi connectivity index (χ0n) is 27.2. The summed E-state index contributed by atoms with van der Waals surface area (Å²) >= 11 is 0. The topological polar surface area (TPSA) is 127 Å².